The third-order valence-electron chi connectivity index (χ3n) is 5.73. The van der Waals surface area contributed by atoms with Crippen LogP contribution in [0.4, 0.5) is 0 Å². The Labute approximate surface area is 150 Å². The van der Waals surface area contributed by atoms with E-state index in [2.05, 4.69) is 48.5 Å². The maximum absolute atomic E-state index is 6.10. The molecule has 2 N–H and O–H groups in total. The normalized spacial score (nSPS) is 26.3. The zero-order valence-electron chi connectivity index (χ0n) is 14.3. The smallest absolute Gasteiger partial charge is 0.00720 e. The predicted molar refractivity (Wildman–Crippen MR) is 104 cm³/mol. The fourth-order valence-electron chi connectivity index (χ4n) is 4.30. The highest BCUT2D eigenvalue weighted by atomic mass is 32.2. The summed E-state index contributed by atoms with van der Waals surface area (Å²) in [6.07, 6.45) is 7.48. The Morgan fingerprint density at radius 3 is 2.62 bits per heavy atom. The van der Waals surface area contributed by atoms with Crippen LogP contribution in [0.2, 0.25) is 0 Å². The van der Waals surface area contributed by atoms with E-state index in [1.807, 2.05) is 11.8 Å². The fraction of sp³-hybridized carbons (Fsp3) is 0.455. The van der Waals surface area contributed by atoms with Gasteiger partial charge in [0.2, 0.25) is 0 Å². The Morgan fingerprint density at radius 2 is 1.83 bits per heavy atom. The molecule has 2 aliphatic carbocycles. The van der Waals surface area contributed by atoms with Gasteiger partial charge >= 0.3 is 0 Å². The first kappa shape index (κ1) is 16.2. The first-order valence-corrected chi connectivity index (χ1v) is 10.3. The zero-order valence-corrected chi connectivity index (χ0v) is 15.1. The predicted octanol–water partition coefficient (Wildman–Crippen LogP) is 5.18. The van der Waals surface area contributed by atoms with Gasteiger partial charge in [0.25, 0.3) is 0 Å². The van der Waals surface area contributed by atoms with Crippen molar-refractivity contribution < 1.29 is 0 Å². The van der Waals surface area contributed by atoms with Gasteiger partial charge in [-0.1, -0.05) is 36.4 Å². The van der Waals surface area contributed by atoms with Crippen LogP contribution < -0.4 is 5.73 Å². The molecule has 0 heterocycles. The molecule has 0 bridgehead atoms. The van der Waals surface area contributed by atoms with Gasteiger partial charge in [-0.2, -0.15) is 0 Å². The largest absolute Gasteiger partial charge is 0.328 e. The third-order valence-corrected chi connectivity index (χ3v) is 6.98. The number of hydrogen-bond donors (Lipinski definition) is 1. The van der Waals surface area contributed by atoms with Crippen LogP contribution in [-0.4, -0.2) is 11.8 Å². The summed E-state index contributed by atoms with van der Waals surface area (Å²) in [5.41, 5.74) is 10.8. The number of hydrogen-bond acceptors (Lipinski definition) is 2. The van der Waals surface area contributed by atoms with Crippen molar-refractivity contribution in [3.63, 3.8) is 0 Å². The number of nitrogens with two attached hydrogens (primary N) is 1. The summed E-state index contributed by atoms with van der Waals surface area (Å²) < 4.78 is 0. The van der Waals surface area contributed by atoms with Crippen molar-refractivity contribution in [3.05, 3.63) is 65.2 Å². The minimum Gasteiger partial charge on any atom is -0.328 e. The Hall–Kier alpha value is -1.25. The maximum Gasteiger partial charge on any atom is 0.00720 e. The molecule has 2 aromatic carbocycles. The summed E-state index contributed by atoms with van der Waals surface area (Å²) in [6.45, 7) is 0. The van der Waals surface area contributed by atoms with Crippen LogP contribution in [0.15, 0.2) is 53.4 Å². The minimum absolute atomic E-state index is 0.422. The van der Waals surface area contributed by atoms with E-state index in [1.54, 1.807) is 16.7 Å². The van der Waals surface area contributed by atoms with Gasteiger partial charge in [0.15, 0.2) is 0 Å². The molecule has 1 nitrogen and oxygen atoms in total. The molecule has 1 saturated carbocycles. The molecule has 2 aromatic rings. The van der Waals surface area contributed by atoms with Crippen LogP contribution in [0.3, 0.4) is 0 Å². The third kappa shape index (κ3) is 3.70. The lowest BCUT2D eigenvalue weighted by Gasteiger charge is -2.25. The molecular weight excluding hydrogens is 310 g/mol. The molecule has 0 aliphatic heterocycles. The van der Waals surface area contributed by atoms with Gasteiger partial charge in [-0.15, -0.1) is 11.8 Å². The van der Waals surface area contributed by atoms with Gasteiger partial charge in [-0.05, 0) is 79.2 Å². The van der Waals surface area contributed by atoms with Crippen LogP contribution in [0.1, 0.15) is 48.3 Å². The fourth-order valence-corrected chi connectivity index (χ4v) is 5.36. The average molecular weight is 338 g/mol. The molecule has 3 atom stereocenters. The topological polar surface area (TPSA) is 26.0 Å². The minimum atomic E-state index is 0.422. The molecule has 4 rings (SSSR count). The van der Waals surface area contributed by atoms with E-state index >= 15 is 0 Å². The van der Waals surface area contributed by atoms with Crippen molar-refractivity contribution in [2.75, 3.05) is 5.75 Å². The SMILES string of the molecule is NC1CCC(c2ccc3c(c2)CC[C@H](CSc2ccccc2)C3)C1. The summed E-state index contributed by atoms with van der Waals surface area (Å²) in [5, 5.41) is 0. The second-order valence-electron chi connectivity index (χ2n) is 7.53. The molecule has 2 aliphatic rings. The Balaban J connectivity index is 1.38. The Kier molecular flexibility index (Phi) is 4.96. The second kappa shape index (κ2) is 7.33. The molecule has 0 amide bonds. The zero-order chi connectivity index (χ0) is 16.4. The van der Waals surface area contributed by atoms with E-state index in [9.17, 15) is 0 Å². The molecule has 0 radical (unpaired) electrons. The highest BCUT2D eigenvalue weighted by molar-refractivity contribution is 7.99. The quantitative estimate of drug-likeness (QED) is 0.778. The summed E-state index contributed by atoms with van der Waals surface area (Å²) in [7, 11) is 0. The number of rotatable bonds is 4. The van der Waals surface area contributed by atoms with Gasteiger partial charge in [0.1, 0.15) is 0 Å². The highest BCUT2D eigenvalue weighted by Crippen LogP contribution is 2.37. The molecule has 2 unspecified atom stereocenters. The summed E-state index contributed by atoms with van der Waals surface area (Å²) in [6, 6.07) is 18.5. The van der Waals surface area contributed by atoms with E-state index < -0.39 is 0 Å². The van der Waals surface area contributed by atoms with Crippen molar-refractivity contribution >= 4 is 11.8 Å². The van der Waals surface area contributed by atoms with Crippen LogP contribution in [0.25, 0.3) is 0 Å². The molecule has 0 saturated heterocycles. The standard InChI is InChI=1S/C22H27NS/c23-21-11-10-20(14-21)19-9-8-17-12-16(6-7-18(17)13-19)15-24-22-4-2-1-3-5-22/h1-5,8-9,13,16,20-21H,6-7,10-12,14-15,23H2/t16-,20?,21?/m0/s1. The second-order valence-corrected chi connectivity index (χ2v) is 8.62. The molecule has 126 valence electrons. The van der Waals surface area contributed by atoms with Crippen molar-refractivity contribution in [2.24, 2.45) is 11.7 Å². The first-order chi connectivity index (χ1) is 11.8. The van der Waals surface area contributed by atoms with Gasteiger partial charge in [-0.25, -0.2) is 0 Å². The number of aryl methyl sites for hydroxylation is 1. The van der Waals surface area contributed by atoms with E-state index in [4.69, 9.17) is 5.73 Å². The summed E-state index contributed by atoms with van der Waals surface area (Å²) in [5.74, 6) is 2.76. The Morgan fingerprint density at radius 1 is 0.958 bits per heavy atom. The van der Waals surface area contributed by atoms with E-state index in [-0.39, 0.29) is 0 Å². The van der Waals surface area contributed by atoms with Crippen LogP contribution in [-0.2, 0) is 12.8 Å². The molecule has 24 heavy (non-hydrogen) atoms. The highest BCUT2D eigenvalue weighted by Gasteiger charge is 2.25. The Bertz CT molecular complexity index is 682. The molecule has 1 fully saturated rings. The number of fused-ring (bicyclic) bond motifs is 1. The lowest BCUT2D eigenvalue weighted by Crippen LogP contribution is -2.17. The summed E-state index contributed by atoms with van der Waals surface area (Å²) in [4.78, 5) is 1.40. The van der Waals surface area contributed by atoms with Gasteiger partial charge in [0.05, 0.1) is 0 Å². The summed E-state index contributed by atoms with van der Waals surface area (Å²) >= 11 is 2.01. The monoisotopic (exact) mass is 337 g/mol. The van der Waals surface area contributed by atoms with Crippen molar-refractivity contribution in [1.82, 2.24) is 0 Å². The van der Waals surface area contributed by atoms with Crippen LogP contribution in [0, 0.1) is 5.92 Å². The van der Waals surface area contributed by atoms with Crippen LogP contribution in [0.5, 0.6) is 0 Å². The molecular formula is C22H27NS. The number of thioether (sulfide) groups is 1. The van der Waals surface area contributed by atoms with E-state index in [0.717, 1.165) is 5.92 Å². The number of benzene rings is 2. The van der Waals surface area contributed by atoms with E-state index in [0.29, 0.717) is 12.0 Å². The lowest BCUT2D eigenvalue weighted by atomic mass is 9.82. The average Bonchev–Trinajstić information content (AvgIpc) is 3.07. The van der Waals surface area contributed by atoms with Gasteiger partial charge < -0.3 is 5.73 Å². The van der Waals surface area contributed by atoms with Gasteiger partial charge in [-0.3, -0.25) is 0 Å². The molecule has 0 spiro atoms. The van der Waals surface area contributed by atoms with Crippen molar-refractivity contribution in [1.29, 1.82) is 0 Å². The van der Waals surface area contributed by atoms with Gasteiger partial charge in [0, 0.05) is 16.7 Å². The van der Waals surface area contributed by atoms with Crippen molar-refractivity contribution in [2.45, 2.75) is 55.4 Å². The van der Waals surface area contributed by atoms with E-state index in [1.165, 1.54) is 49.2 Å². The molecule has 0 aromatic heterocycles. The first-order valence-electron chi connectivity index (χ1n) is 9.33. The lowest BCUT2D eigenvalue weighted by molar-refractivity contribution is 0.508. The van der Waals surface area contributed by atoms with Crippen molar-refractivity contribution in [3.8, 4) is 0 Å². The molecule has 2 heteroatoms. The maximum atomic E-state index is 6.10. The van der Waals surface area contributed by atoms with Crippen LogP contribution >= 0.6 is 11.8 Å².